The summed E-state index contributed by atoms with van der Waals surface area (Å²) in [7, 11) is 0. The van der Waals surface area contributed by atoms with Crippen LogP contribution in [0.4, 0.5) is 0 Å². The minimum atomic E-state index is -0.196. The molecule has 1 amide bonds. The summed E-state index contributed by atoms with van der Waals surface area (Å²) in [6.45, 7) is 11.4. The maximum absolute atomic E-state index is 11.7. The van der Waals surface area contributed by atoms with Gasteiger partial charge in [0.25, 0.3) is 0 Å². The van der Waals surface area contributed by atoms with Gasteiger partial charge in [0.2, 0.25) is 5.91 Å². The zero-order valence-corrected chi connectivity index (χ0v) is 18.8. The molecule has 2 aromatic carbocycles. The number of nitrogens with one attached hydrogen (secondary N) is 1. The Hall–Kier alpha value is -3.08. The third kappa shape index (κ3) is 5.75. The number of hydrogen-bond acceptors (Lipinski definition) is 3. The lowest BCUT2D eigenvalue weighted by molar-refractivity contribution is -0.117. The third-order valence-corrected chi connectivity index (χ3v) is 5.72. The highest BCUT2D eigenvalue weighted by Crippen LogP contribution is 2.23. The van der Waals surface area contributed by atoms with Crippen LogP contribution in [0.2, 0.25) is 0 Å². The van der Waals surface area contributed by atoms with Crippen molar-refractivity contribution in [3.05, 3.63) is 72.6 Å². The van der Waals surface area contributed by atoms with Gasteiger partial charge in [0.15, 0.2) is 0 Å². The van der Waals surface area contributed by atoms with E-state index in [2.05, 4.69) is 60.6 Å². The smallest absolute Gasteiger partial charge is 0.243 e. The molecule has 2 atom stereocenters. The number of unbranched alkanes of at least 4 members (excludes halogenated alkanes) is 1. The molecule has 0 saturated carbocycles. The van der Waals surface area contributed by atoms with E-state index >= 15 is 0 Å². The summed E-state index contributed by atoms with van der Waals surface area (Å²) in [5.74, 6) is 2.16. The molecule has 164 valence electrons. The molecule has 5 nitrogen and oxygen atoms in total. The third-order valence-electron chi connectivity index (χ3n) is 5.72. The number of carbonyl (C=O) groups is 1. The van der Waals surface area contributed by atoms with E-state index in [-0.39, 0.29) is 11.9 Å². The van der Waals surface area contributed by atoms with E-state index in [1.54, 1.807) is 0 Å². The van der Waals surface area contributed by atoms with Gasteiger partial charge in [-0.3, -0.25) is 4.79 Å². The molecule has 3 rings (SSSR count). The number of nitrogens with zero attached hydrogens (tertiary/aromatic N) is 2. The highest BCUT2D eigenvalue weighted by Gasteiger charge is 2.17. The molecule has 5 heteroatoms. The van der Waals surface area contributed by atoms with Crippen LogP contribution in [0.5, 0.6) is 5.75 Å². The summed E-state index contributed by atoms with van der Waals surface area (Å²) >= 11 is 0. The lowest BCUT2D eigenvalue weighted by atomic mass is 9.99. The maximum Gasteiger partial charge on any atom is 0.243 e. The van der Waals surface area contributed by atoms with Gasteiger partial charge in [-0.25, -0.2) is 4.98 Å². The van der Waals surface area contributed by atoms with Gasteiger partial charge in [-0.15, -0.1) is 0 Å². The van der Waals surface area contributed by atoms with Crippen molar-refractivity contribution in [1.29, 1.82) is 0 Å². The molecule has 0 spiro atoms. The van der Waals surface area contributed by atoms with Crippen molar-refractivity contribution in [2.24, 2.45) is 0 Å². The normalized spacial score (nSPS) is 13.0. The molecule has 31 heavy (non-hydrogen) atoms. The van der Waals surface area contributed by atoms with Crippen LogP contribution >= 0.6 is 0 Å². The van der Waals surface area contributed by atoms with Gasteiger partial charge in [-0.2, -0.15) is 0 Å². The zero-order valence-electron chi connectivity index (χ0n) is 18.8. The number of benzene rings is 2. The van der Waals surface area contributed by atoms with Crippen LogP contribution < -0.4 is 10.1 Å². The summed E-state index contributed by atoms with van der Waals surface area (Å²) in [5.41, 5.74) is 3.38. The Labute approximate surface area is 185 Å². The molecule has 0 radical (unpaired) electrons. The lowest BCUT2D eigenvalue weighted by Gasteiger charge is -2.16. The molecule has 0 bridgehead atoms. The lowest BCUT2D eigenvalue weighted by Crippen LogP contribution is -2.27. The molecule has 0 saturated heterocycles. The van der Waals surface area contributed by atoms with Crippen molar-refractivity contribution < 1.29 is 9.53 Å². The molecule has 3 aromatic rings. The number of fused-ring (bicyclic) bond motifs is 1. The highest BCUT2D eigenvalue weighted by atomic mass is 16.5. The van der Waals surface area contributed by atoms with E-state index < -0.39 is 0 Å². The number of amides is 1. The Morgan fingerprint density at radius 2 is 1.90 bits per heavy atom. The van der Waals surface area contributed by atoms with Crippen LogP contribution in [0, 0.1) is 0 Å². The first-order valence-corrected chi connectivity index (χ1v) is 11.1. The predicted molar refractivity (Wildman–Crippen MR) is 126 cm³/mol. The van der Waals surface area contributed by atoms with Gasteiger partial charge in [-0.05, 0) is 68.0 Å². The molecule has 2 unspecified atom stereocenters. The Morgan fingerprint density at radius 3 is 2.61 bits per heavy atom. The van der Waals surface area contributed by atoms with Crippen molar-refractivity contribution >= 4 is 16.9 Å². The molecule has 0 aliphatic carbocycles. The number of carbonyl (C=O) groups excluding carboxylic acids is 1. The fourth-order valence-corrected chi connectivity index (χ4v) is 3.69. The minimum Gasteiger partial charge on any atom is -0.494 e. The largest absolute Gasteiger partial charge is 0.494 e. The second-order valence-corrected chi connectivity index (χ2v) is 7.98. The van der Waals surface area contributed by atoms with Crippen LogP contribution in [0.3, 0.4) is 0 Å². The van der Waals surface area contributed by atoms with Crippen molar-refractivity contribution in [2.45, 2.75) is 58.5 Å². The first-order valence-electron chi connectivity index (χ1n) is 11.1. The first-order chi connectivity index (χ1) is 15.0. The number of aryl methyl sites for hydroxylation is 1. The van der Waals surface area contributed by atoms with Gasteiger partial charge >= 0.3 is 0 Å². The minimum absolute atomic E-state index is 0.196. The number of rotatable bonds is 11. The van der Waals surface area contributed by atoms with Crippen molar-refractivity contribution in [3.63, 3.8) is 0 Å². The number of hydrogen-bond donors (Lipinski definition) is 1. The molecule has 1 N–H and O–H groups in total. The Morgan fingerprint density at radius 1 is 1.16 bits per heavy atom. The molecular weight excluding hydrogens is 386 g/mol. The van der Waals surface area contributed by atoms with Crippen molar-refractivity contribution in [2.75, 3.05) is 6.61 Å². The molecule has 0 aliphatic rings. The second kappa shape index (κ2) is 10.8. The summed E-state index contributed by atoms with van der Waals surface area (Å²) in [5, 5.41) is 2.92. The topological polar surface area (TPSA) is 56.2 Å². The van der Waals surface area contributed by atoms with E-state index in [0.29, 0.717) is 12.5 Å². The molecular formula is C26H33N3O2. The molecule has 0 aliphatic heterocycles. The van der Waals surface area contributed by atoms with Gasteiger partial charge < -0.3 is 14.6 Å². The predicted octanol–water partition coefficient (Wildman–Crippen LogP) is 5.77. The standard InChI is InChI=1S/C26H33N3O2/c1-5-19(3)21-13-15-22(16-14-21)31-18-10-9-17-29-24-12-8-7-11-23(24)28-26(29)20(4)27-25(30)6-2/h6-8,11-16,19-20H,2,5,9-10,17-18H2,1,3-4H3,(H,27,30). The zero-order chi connectivity index (χ0) is 22.2. The van der Waals surface area contributed by atoms with E-state index in [0.717, 1.165) is 48.4 Å². The number of ether oxygens (including phenoxy) is 1. The summed E-state index contributed by atoms with van der Waals surface area (Å²) in [6.07, 6.45) is 4.32. The Kier molecular flexibility index (Phi) is 7.88. The van der Waals surface area contributed by atoms with Crippen molar-refractivity contribution in [1.82, 2.24) is 14.9 Å². The average molecular weight is 420 g/mol. The second-order valence-electron chi connectivity index (χ2n) is 7.98. The Bertz CT molecular complexity index is 1010. The van der Waals surface area contributed by atoms with E-state index in [4.69, 9.17) is 9.72 Å². The van der Waals surface area contributed by atoms with Crippen molar-refractivity contribution in [3.8, 4) is 5.75 Å². The van der Waals surface area contributed by atoms with Gasteiger partial charge in [0.05, 0.1) is 23.7 Å². The number of aromatic nitrogens is 2. The summed E-state index contributed by atoms with van der Waals surface area (Å²) < 4.78 is 8.13. The maximum atomic E-state index is 11.7. The van der Waals surface area contributed by atoms with Gasteiger partial charge in [-0.1, -0.05) is 44.7 Å². The number of para-hydroxylation sites is 2. The van der Waals surface area contributed by atoms with E-state index in [1.165, 1.54) is 11.6 Å². The first kappa shape index (κ1) is 22.6. The van der Waals surface area contributed by atoms with Crippen LogP contribution in [0.25, 0.3) is 11.0 Å². The van der Waals surface area contributed by atoms with Crippen LogP contribution in [-0.4, -0.2) is 22.1 Å². The van der Waals surface area contributed by atoms with Gasteiger partial charge in [0, 0.05) is 6.54 Å². The average Bonchev–Trinajstić information content (AvgIpc) is 3.17. The Balaban J connectivity index is 1.58. The summed E-state index contributed by atoms with van der Waals surface area (Å²) in [4.78, 5) is 16.5. The van der Waals surface area contributed by atoms with Crippen LogP contribution in [0.15, 0.2) is 61.2 Å². The fourth-order valence-electron chi connectivity index (χ4n) is 3.69. The van der Waals surface area contributed by atoms with E-state index in [1.807, 2.05) is 25.1 Å². The monoisotopic (exact) mass is 419 g/mol. The molecule has 1 aromatic heterocycles. The SMILES string of the molecule is C=CC(=O)NC(C)c1nc2ccccc2n1CCCCOc1ccc(C(C)CC)cc1. The van der Waals surface area contributed by atoms with Crippen LogP contribution in [0.1, 0.15) is 63.4 Å². The summed E-state index contributed by atoms with van der Waals surface area (Å²) in [6, 6.07) is 16.3. The van der Waals surface area contributed by atoms with Gasteiger partial charge in [0.1, 0.15) is 11.6 Å². The quantitative estimate of drug-likeness (QED) is 0.317. The number of imidazole rings is 1. The van der Waals surface area contributed by atoms with Crippen LogP contribution in [-0.2, 0) is 11.3 Å². The highest BCUT2D eigenvalue weighted by molar-refractivity contribution is 5.87. The molecule has 1 heterocycles. The van der Waals surface area contributed by atoms with E-state index in [9.17, 15) is 4.79 Å². The molecule has 0 fully saturated rings. The fraction of sp³-hybridized carbons (Fsp3) is 0.385.